The number of hydrogen-bond acceptors (Lipinski definition) is 7. The molecule has 0 unspecified atom stereocenters. The highest BCUT2D eigenvalue weighted by molar-refractivity contribution is 7.43. The quantitative estimate of drug-likeness (QED) is 0.438. The summed E-state index contributed by atoms with van der Waals surface area (Å²) >= 11 is 0. The van der Waals surface area contributed by atoms with Crippen LogP contribution < -0.4 is 14.9 Å². The number of hydrogen-bond donors (Lipinski definition) is 1. The van der Waals surface area contributed by atoms with E-state index in [-0.39, 0.29) is 0 Å². The van der Waals surface area contributed by atoms with Crippen LogP contribution in [0.2, 0.25) is 0 Å². The fourth-order valence-electron chi connectivity index (χ4n) is 0.307. The van der Waals surface area contributed by atoms with E-state index in [0.29, 0.717) is 0 Å². The minimum absolute atomic E-state index is 1.13. The number of carbonyl (C=O) groups excluding carboxylic acids is 1. The van der Waals surface area contributed by atoms with Gasteiger partial charge in [0, 0.05) is 0 Å². The summed E-state index contributed by atoms with van der Waals surface area (Å²) in [5.41, 5.74) is 0. The molecule has 0 aliphatic rings. The van der Waals surface area contributed by atoms with Crippen molar-refractivity contribution >= 4 is 13.8 Å². The topological polar surface area (TPSA) is 133 Å². The predicted octanol–water partition coefficient (Wildman–Crippen LogP) is -4.06. The molecule has 0 amide bonds. The molecule has 0 aromatic heterocycles. The summed E-state index contributed by atoms with van der Waals surface area (Å²) in [6.45, 7) is -1.13. The molecule has 0 radical (unpaired) electrons. The van der Waals surface area contributed by atoms with Gasteiger partial charge in [-0.25, -0.2) is 0 Å². The smallest absolute Gasteiger partial charge is 0.125 e. The molecule has 0 saturated heterocycles. The van der Waals surface area contributed by atoms with E-state index in [4.69, 9.17) is 5.11 Å². The molecular weight excluding hydrogens is 179 g/mol. The number of rotatable bonds is 4. The Balaban J connectivity index is 4.10. The predicted molar refractivity (Wildman–Crippen MR) is 24.6 cm³/mol. The average molecular weight is 183 g/mol. The van der Waals surface area contributed by atoms with Crippen molar-refractivity contribution in [2.75, 3.05) is 6.61 Å². The van der Waals surface area contributed by atoms with Gasteiger partial charge in [-0.1, -0.05) is 0 Å². The van der Waals surface area contributed by atoms with Crippen LogP contribution in [0.1, 0.15) is 0 Å². The van der Waals surface area contributed by atoms with Crippen molar-refractivity contribution in [1.29, 1.82) is 0 Å². The lowest BCUT2D eigenvalue weighted by Gasteiger charge is -2.32. The Kier molecular flexibility index (Phi) is 3.64. The van der Waals surface area contributed by atoms with E-state index < -0.39 is 26.5 Å². The first kappa shape index (κ1) is 10.5. The van der Waals surface area contributed by atoms with Gasteiger partial charge in [-0.05, 0) is 0 Å². The van der Waals surface area contributed by atoms with Crippen LogP contribution in [0.5, 0.6) is 0 Å². The number of carbonyl (C=O) groups is 1. The highest BCUT2D eigenvalue weighted by atomic mass is 31.2. The highest BCUT2D eigenvalue weighted by Gasteiger charge is 2.09. The summed E-state index contributed by atoms with van der Waals surface area (Å²) in [7, 11) is -5.37. The van der Waals surface area contributed by atoms with Gasteiger partial charge in [-0.15, -0.1) is 0 Å². The van der Waals surface area contributed by atoms with Gasteiger partial charge in [0.1, 0.15) is 6.10 Å². The van der Waals surface area contributed by atoms with Crippen LogP contribution >= 0.6 is 7.82 Å². The van der Waals surface area contributed by atoms with Gasteiger partial charge in [0.15, 0.2) is 0 Å². The molecule has 0 saturated carbocycles. The molecule has 7 nitrogen and oxygen atoms in total. The number of phosphoric ester groups is 1. The van der Waals surface area contributed by atoms with Crippen LogP contribution in [-0.4, -0.2) is 23.8 Å². The van der Waals surface area contributed by atoms with E-state index in [9.17, 15) is 24.3 Å². The minimum Gasteiger partial charge on any atom is -0.790 e. The van der Waals surface area contributed by atoms with Crippen LogP contribution in [0.25, 0.3) is 0 Å². The summed E-state index contributed by atoms with van der Waals surface area (Å²) in [5, 5.41) is 17.9. The van der Waals surface area contributed by atoms with Crippen LogP contribution in [0.15, 0.2) is 0 Å². The van der Waals surface area contributed by atoms with E-state index in [0.717, 1.165) is 0 Å². The van der Waals surface area contributed by atoms with E-state index in [1.165, 1.54) is 0 Å². The van der Waals surface area contributed by atoms with Gasteiger partial charge < -0.3 is 33.9 Å². The van der Waals surface area contributed by atoms with E-state index >= 15 is 0 Å². The van der Waals surface area contributed by atoms with Crippen LogP contribution in [-0.2, 0) is 13.9 Å². The van der Waals surface area contributed by atoms with Gasteiger partial charge in [-0.2, -0.15) is 0 Å². The number of aliphatic carboxylic acids is 1. The molecule has 8 heteroatoms. The van der Waals surface area contributed by atoms with Crippen molar-refractivity contribution in [3.05, 3.63) is 0 Å². The summed E-state index contributed by atoms with van der Waals surface area (Å²) in [4.78, 5) is 29.3. The molecule has 0 aromatic rings. The molecule has 11 heavy (non-hydrogen) atoms. The number of aliphatic hydroxyl groups is 1. The van der Waals surface area contributed by atoms with Crippen LogP contribution in [0.4, 0.5) is 0 Å². The molecule has 0 bridgehead atoms. The Morgan fingerprint density at radius 2 is 2.09 bits per heavy atom. The third-order valence-corrected chi connectivity index (χ3v) is 1.20. The molecule has 0 fully saturated rings. The zero-order chi connectivity index (χ0) is 9.07. The molecule has 0 spiro atoms. The summed E-state index contributed by atoms with van der Waals surface area (Å²) < 4.78 is 13.1. The lowest BCUT2D eigenvalue weighted by Crippen LogP contribution is -2.41. The van der Waals surface area contributed by atoms with Crippen molar-refractivity contribution < 1.29 is 33.9 Å². The molecule has 0 rings (SSSR count). The Morgan fingerprint density at radius 1 is 1.64 bits per heavy atom. The molecule has 0 aromatic carbocycles. The highest BCUT2D eigenvalue weighted by Crippen LogP contribution is 2.26. The monoisotopic (exact) mass is 183 g/mol. The lowest BCUT2D eigenvalue weighted by molar-refractivity contribution is -0.354. The number of phosphoric acid groups is 1. The maximum atomic E-state index is 9.81. The van der Waals surface area contributed by atoms with Crippen molar-refractivity contribution in [3.63, 3.8) is 0 Å². The Hall–Kier alpha value is -0.460. The Bertz CT molecular complexity index is 182. The third-order valence-electron chi connectivity index (χ3n) is 0.685. The Labute approximate surface area is 61.5 Å². The first-order valence-corrected chi connectivity index (χ1v) is 3.85. The first-order chi connectivity index (χ1) is 4.87. The van der Waals surface area contributed by atoms with E-state index in [2.05, 4.69) is 4.52 Å². The van der Waals surface area contributed by atoms with E-state index in [1.807, 2.05) is 0 Å². The lowest BCUT2D eigenvalue weighted by atomic mass is 10.4. The summed E-state index contributed by atoms with van der Waals surface area (Å²) in [6, 6.07) is 0. The SMILES string of the molecule is O=C([O-])[C@@H](CO)OP(=O)([O-])[O-]. The molecule has 1 atom stereocenters. The largest absolute Gasteiger partial charge is 0.790 e. The van der Waals surface area contributed by atoms with Crippen molar-refractivity contribution in [1.82, 2.24) is 0 Å². The van der Waals surface area contributed by atoms with Crippen molar-refractivity contribution in [3.8, 4) is 0 Å². The zero-order valence-corrected chi connectivity index (χ0v) is 6.02. The second kappa shape index (κ2) is 3.80. The standard InChI is InChI=1S/C3H7O7P/c4-1-2(3(5)6)10-11(7,8)9/h2,4H,1H2,(H,5,6)(H2,7,8,9)/p-3/t2-/m1/s1. The fourth-order valence-corrected chi connectivity index (χ4v) is 0.771. The van der Waals surface area contributed by atoms with E-state index in [1.54, 1.807) is 0 Å². The molecule has 1 N–H and O–H groups in total. The fraction of sp³-hybridized carbons (Fsp3) is 0.667. The maximum Gasteiger partial charge on any atom is 0.125 e. The normalized spacial score (nSPS) is 14.5. The van der Waals surface area contributed by atoms with Crippen LogP contribution in [0.3, 0.4) is 0 Å². The Morgan fingerprint density at radius 3 is 2.18 bits per heavy atom. The third kappa shape index (κ3) is 4.88. The van der Waals surface area contributed by atoms with Gasteiger partial charge in [0.2, 0.25) is 0 Å². The first-order valence-electron chi connectivity index (χ1n) is 2.39. The van der Waals surface area contributed by atoms with Gasteiger partial charge >= 0.3 is 0 Å². The number of aliphatic hydroxyl groups excluding tert-OH is 1. The van der Waals surface area contributed by atoms with Crippen LogP contribution in [0, 0.1) is 0 Å². The number of carboxylic acid groups (broad SMARTS) is 1. The summed E-state index contributed by atoms with van der Waals surface area (Å²) in [6.07, 6.45) is -2.11. The minimum atomic E-state index is -5.37. The zero-order valence-electron chi connectivity index (χ0n) is 5.13. The van der Waals surface area contributed by atoms with Gasteiger partial charge in [0.25, 0.3) is 0 Å². The summed E-state index contributed by atoms with van der Waals surface area (Å²) in [5.74, 6) is -1.96. The maximum absolute atomic E-state index is 9.81. The molecular formula is C3H4O7P-3. The van der Waals surface area contributed by atoms with Gasteiger partial charge in [0.05, 0.1) is 20.4 Å². The van der Waals surface area contributed by atoms with Gasteiger partial charge in [-0.3, -0.25) is 0 Å². The number of carboxylic acids is 1. The molecule has 0 aliphatic carbocycles. The second-order valence-corrected chi connectivity index (χ2v) is 2.65. The molecule has 0 aliphatic heterocycles. The average Bonchev–Trinajstić information content (AvgIpc) is 1.80. The van der Waals surface area contributed by atoms with Crippen molar-refractivity contribution in [2.45, 2.75) is 6.10 Å². The van der Waals surface area contributed by atoms with Crippen molar-refractivity contribution in [2.24, 2.45) is 0 Å². The molecule has 66 valence electrons. The molecule has 0 heterocycles. The second-order valence-electron chi connectivity index (χ2n) is 1.54.